The summed E-state index contributed by atoms with van der Waals surface area (Å²) in [7, 11) is 0. The average molecular weight is 493 g/mol. The van der Waals surface area contributed by atoms with E-state index < -0.39 is 0 Å². The minimum absolute atomic E-state index is 0.678. The molecule has 0 bridgehead atoms. The lowest BCUT2D eigenvalue weighted by Gasteiger charge is -2.15. The van der Waals surface area contributed by atoms with Crippen LogP contribution in [0.3, 0.4) is 0 Å². The minimum Gasteiger partial charge on any atom is -0.309 e. The highest BCUT2D eigenvalue weighted by atomic mass is 15.0. The van der Waals surface area contributed by atoms with E-state index in [9.17, 15) is 5.26 Å². The Bertz CT molecular complexity index is 2420. The maximum atomic E-state index is 9.80. The van der Waals surface area contributed by atoms with Gasteiger partial charge in [-0.15, -0.1) is 0 Å². The van der Waals surface area contributed by atoms with Crippen LogP contribution in [-0.2, 0) is 0 Å². The zero-order chi connectivity index (χ0) is 25.7. The van der Waals surface area contributed by atoms with Gasteiger partial charge in [0.2, 0.25) is 0 Å². The maximum absolute atomic E-state index is 9.80. The molecule has 0 spiro atoms. The topological polar surface area (TPSA) is 28.7 Å². The first-order chi connectivity index (χ1) is 19.3. The maximum Gasteiger partial charge on any atom is 0.0992 e. The molecule has 0 fully saturated rings. The van der Waals surface area contributed by atoms with Crippen LogP contribution in [0.5, 0.6) is 0 Å². The predicted octanol–water partition coefficient (Wildman–Crippen LogP) is 9.81. The first kappa shape index (κ1) is 20.6. The van der Waals surface area contributed by atoms with Crippen molar-refractivity contribution in [3.63, 3.8) is 0 Å². The Morgan fingerprint density at radius 2 is 1.13 bits per heavy atom. The highest BCUT2D eigenvalue weighted by Gasteiger charge is 2.20. The first-order valence-corrected chi connectivity index (χ1v) is 13.3. The van der Waals surface area contributed by atoms with E-state index in [1.165, 1.54) is 59.6 Å². The summed E-state index contributed by atoms with van der Waals surface area (Å²) < 4.78 is 2.32. The van der Waals surface area contributed by atoms with Crippen LogP contribution in [0.2, 0.25) is 0 Å². The van der Waals surface area contributed by atoms with Crippen molar-refractivity contribution in [3.05, 3.63) is 127 Å². The number of nitrogens with zero attached hydrogens (tertiary/aromatic N) is 2. The number of benzene rings is 8. The molecule has 0 aliphatic carbocycles. The summed E-state index contributed by atoms with van der Waals surface area (Å²) in [5, 5.41) is 22.3. The molecule has 0 unspecified atom stereocenters. The molecule has 0 saturated heterocycles. The van der Waals surface area contributed by atoms with E-state index in [1.54, 1.807) is 0 Å². The van der Waals surface area contributed by atoms with Crippen LogP contribution in [0, 0.1) is 11.3 Å². The second-order valence-electron chi connectivity index (χ2n) is 10.5. The number of hydrogen-bond acceptors (Lipinski definition) is 1. The van der Waals surface area contributed by atoms with E-state index in [1.807, 2.05) is 18.2 Å². The van der Waals surface area contributed by atoms with Crippen LogP contribution in [-0.4, -0.2) is 4.57 Å². The summed E-state index contributed by atoms with van der Waals surface area (Å²) in [6.07, 6.45) is 0. The molecule has 0 atom stereocenters. The van der Waals surface area contributed by atoms with Gasteiger partial charge in [0.15, 0.2) is 0 Å². The van der Waals surface area contributed by atoms with E-state index in [0.717, 1.165) is 22.1 Å². The fourth-order valence-corrected chi connectivity index (χ4v) is 6.83. The summed E-state index contributed by atoms with van der Waals surface area (Å²) in [5.74, 6) is 0. The molecule has 8 aromatic carbocycles. The molecule has 1 aromatic heterocycles. The Morgan fingerprint density at radius 3 is 1.90 bits per heavy atom. The molecule has 0 aliphatic rings. The third-order valence-electron chi connectivity index (χ3n) is 8.45. The quantitative estimate of drug-likeness (QED) is 0.221. The fourth-order valence-electron chi connectivity index (χ4n) is 6.83. The van der Waals surface area contributed by atoms with Gasteiger partial charge in [0, 0.05) is 16.5 Å². The fraction of sp³-hybridized carbons (Fsp3) is 0. The van der Waals surface area contributed by atoms with E-state index in [2.05, 4.69) is 114 Å². The van der Waals surface area contributed by atoms with Crippen molar-refractivity contribution >= 4 is 64.9 Å². The predicted molar refractivity (Wildman–Crippen MR) is 163 cm³/mol. The summed E-state index contributed by atoms with van der Waals surface area (Å²) >= 11 is 0. The molecule has 0 aliphatic heterocycles. The van der Waals surface area contributed by atoms with Crippen molar-refractivity contribution in [1.29, 1.82) is 5.26 Å². The van der Waals surface area contributed by atoms with Crippen molar-refractivity contribution in [1.82, 2.24) is 4.57 Å². The van der Waals surface area contributed by atoms with E-state index >= 15 is 0 Å². The van der Waals surface area contributed by atoms with Gasteiger partial charge in [0.1, 0.15) is 0 Å². The average Bonchev–Trinajstić information content (AvgIpc) is 3.33. The normalized spacial score (nSPS) is 12.1. The lowest BCUT2D eigenvalue weighted by Crippen LogP contribution is -1.94. The van der Waals surface area contributed by atoms with Crippen LogP contribution < -0.4 is 0 Å². The van der Waals surface area contributed by atoms with Crippen molar-refractivity contribution in [3.8, 4) is 22.9 Å². The van der Waals surface area contributed by atoms with E-state index in [0.29, 0.717) is 5.56 Å². The van der Waals surface area contributed by atoms with Crippen molar-refractivity contribution in [2.45, 2.75) is 0 Å². The van der Waals surface area contributed by atoms with Gasteiger partial charge < -0.3 is 4.57 Å². The molecule has 0 N–H and O–H groups in total. The van der Waals surface area contributed by atoms with Crippen LogP contribution in [0.15, 0.2) is 121 Å². The van der Waals surface area contributed by atoms with Gasteiger partial charge in [0.25, 0.3) is 0 Å². The van der Waals surface area contributed by atoms with E-state index in [-0.39, 0.29) is 0 Å². The van der Waals surface area contributed by atoms with Crippen molar-refractivity contribution in [2.24, 2.45) is 0 Å². The zero-order valence-electron chi connectivity index (χ0n) is 20.9. The second kappa shape index (κ2) is 7.34. The summed E-state index contributed by atoms with van der Waals surface area (Å²) in [4.78, 5) is 0. The molecule has 9 rings (SSSR count). The Kier molecular flexibility index (Phi) is 3.89. The summed E-state index contributed by atoms with van der Waals surface area (Å²) in [6, 6.07) is 46.1. The highest BCUT2D eigenvalue weighted by Crippen LogP contribution is 2.44. The standard InChI is InChI=1S/C37H20N2/c38-21-22-17-26-11-12-27-19-28(20-33-37(27)36(26)32(18-22)39(33)29-7-2-1-3-8-29)30-15-13-25-10-9-23-5-4-6-24-14-16-31(30)35(25)34(23)24/h1-20H. The highest BCUT2D eigenvalue weighted by molar-refractivity contribution is 6.28. The zero-order valence-corrected chi connectivity index (χ0v) is 20.9. The number of hydrogen-bond donors (Lipinski definition) is 0. The van der Waals surface area contributed by atoms with E-state index in [4.69, 9.17) is 0 Å². The Morgan fingerprint density at radius 1 is 0.487 bits per heavy atom. The van der Waals surface area contributed by atoms with Crippen molar-refractivity contribution in [2.75, 3.05) is 0 Å². The SMILES string of the molecule is N#Cc1cc2ccc3cc(-c4ccc5ccc6cccc7ccc4c5c67)cc4c3c2c(c1)n4-c1ccccc1. The van der Waals surface area contributed by atoms with Gasteiger partial charge in [-0.3, -0.25) is 0 Å². The molecule has 0 radical (unpaired) electrons. The first-order valence-electron chi connectivity index (χ1n) is 13.3. The Hall–Kier alpha value is -5.39. The number of rotatable bonds is 2. The second-order valence-corrected chi connectivity index (χ2v) is 10.5. The number of aromatic nitrogens is 1. The van der Waals surface area contributed by atoms with Gasteiger partial charge in [-0.2, -0.15) is 5.26 Å². The third-order valence-corrected chi connectivity index (χ3v) is 8.45. The van der Waals surface area contributed by atoms with Gasteiger partial charge >= 0.3 is 0 Å². The molecular weight excluding hydrogens is 472 g/mol. The Balaban J connectivity index is 1.44. The molecule has 0 amide bonds. The molecule has 2 nitrogen and oxygen atoms in total. The number of para-hydroxylation sites is 1. The molecule has 0 saturated carbocycles. The lowest BCUT2D eigenvalue weighted by atomic mass is 9.89. The summed E-state index contributed by atoms with van der Waals surface area (Å²) in [5.41, 5.74) is 6.44. The molecular formula is C37H20N2. The van der Waals surface area contributed by atoms with Gasteiger partial charge in [-0.05, 0) is 90.6 Å². The molecule has 39 heavy (non-hydrogen) atoms. The lowest BCUT2D eigenvalue weighted by molar-refractivity contribution is 1.18. The van der Waals surface area contributed by atoms with Gasteiger partial charge in [0.05, 0.1) is 22.7 Å². The minimum atomic E-state index is 0.678. The van der Waals surface area contributed by atoms with Crippen LogP contribution in [0.25, 0.3) is 81.7 Å². The van der Waals surface area contributed by atoms with Crippen LogP contribution in [0.4, 0.5) is 0 Å². The van der Waals surface area contributed by atoms with Crippen LogP contribution in [0.1, 0.15) is 5.56 Å². The number of nitriles is 1. The Labute approximate surface area is 224 Å². The smallest absolute Gasteiger partial charge is 0.0992 e. The van der Waals surface area contributed by atoms with Crippen molar-refractivity contribution < 1.29 is 0 Å². The third kappa shape index (κ3) is 2.69. The monoisotopic (exact) mass is 492 g/mol. The van der Waals surface area contributed by atoms with Crippen LogP contribution >= 0.6 is 0 Å². The molecule has 9 aromatic rings. The largest absolute Gasteiger partial charge is 0.309 e. The van der Waals surface area contributed by atoms with Gasteiger partial charge in [-0.25, -0.2) is 0 Å². The molecule has 178 valence electrons. The molecule has 2 heteroatoms. The summed E-state index contributed by atoms with van der Waals surface area (Å²) in [6.45, 7) is 0. The molecule has 1 heterocycles. The van der Waals surface area contributed by atoms with Gasteiger partial charge in [-0.1, -0.05) is 84.9 Å².